The molecule has 19 heavy (non-hydrogen) atoms. The number of Topliss-reactive ketones (excluding diaryl/α,β-unsaturated/α-hetero) is 2. The van der Waals surface area contributed by atoms with Crippen molar-refractivity contribution in [2.45, 2.75) is 40.0 Å². The lowest BCUT2D eigenvalue weighted by Crippen LogP contribution is -2.12. The Labute approximate surface area is 116 Å². The van der Waals surface area contributed by atoms with Crippen LogP contribution < -0.4 is 0 Å². The van der Waals surface area contributed by atoms with Crippen molar-refractivity contribution in [3.63, 3.8) is 0 Å². The van der Waals surface area contributed by atoms with Crippen molar-refractivity contribution in [2.75, 3.05) is 13.2 Å². The summed E-state index contributed by atoms with van der Waals surface area (Å²) in [4.78, 5) is 22.3. The number of ketones is 2. The minimum Gasteiger partial charge on any atom is -0.382 e. The number of hydrogen-bond acceptors (Lipinski definition) is 3. The second-order valence-electron chi connectivity index (χ2n) is 4.26. The summed E-state index contributed by atoms with van der Waals surface area (Å²) >= 11 is 0. The monoisotopic (exact) mass is 264 g/mol. The maximum atomic E-state index is 11.3. The lowest BCUT2D eigenvalue weighted by molar-refractivity contribution is -0.123. The minimum atomic E-state index is -0.270. The highest BCUT2D eigenvalue weighted by molar-refractivity contribution is 5.89. The Morgan fingerprint density at radius 3 is 1.89 bits per heavy atom. The van der Waals surface area contributed by atoms with Gasteiger partial charge in [0.25, 0.3) is 0 Å². The van der Waals surface area contributed by atoms with Gasteiger partial charge in [-0.25, -0.2) is 0 Å². The third kappa shape index (κ3) is 8.27. The molecular formula is C16H24O3. The van der Waals surface area contributed by atoms with Crippen molar-refractivity contribution >= 4 is 11.6 Å². The van der Waals surface area contributed by atoms with Gasteiger partial charge in [0, 0.05) is 25.6 Å². The van der Waals surface area contributed by atoms with E-state index < -0.39 is 0 Å². The van der Waals surface area contributed by atoms with Gasteiger partial charge in [-0.1, -0.05) is 30.3 Å². The van der Waals surface area contributed by atoms with Crippen LogP contribution in [-0.4, -0.2) is 24.8 Å². The van der Waals surface area contributed by atoms with E-state index in [0.717, 1.165) is 18.8 Å². The molecule has 3 nitrogen and oxygen atoms in total. The average molecular weight is 264 g/mol. The Bertz CT molecular complexity index is 369. The fourth-order valence-corrected chi connectivity index (χ4v) is 1.67. The van der Waals surface area contributed by atoms with E-state index in [1.807, 2.05) is 44.2 Å². The number of benzene rings is 1. The first kappa shape index (κ1) is 17.5. The van der Waals surface area contributed by atoms with Gasteiger partial charge in [0.15, 0.2) is 0 Å². The van der Waals surface area contributed by atoms with Crippen LogP contribution in [0.5, 0.6) is 0 Å². The highest BCUT2D eigenvalue weighted by Gasteiger charge is 2.17. The van der Waals surface area contributed by atoms with Gasteiger partial charge in [-0.3, -0.25) is 9.59 Å². The molecule has 0 amide bonds. The minimum absolute atomic E-state index is 0.0476. The molecule has 0 aromatic heterocycles. The maximum absolute atomic E-state index is 11.3. The fraction of sp³-hybridized carbons (Fsp3) is 0.500. The van der Waals surface area contributed by atoms with Gasteiger partial charge in [0.2, 0.25) is 0 Å². The predicted octanol–water partition coefficient (Wildman–Crippen LogP) is 3.38. The van der Waals surface area contributed by atoms with Crippen molar-refractivity contribution in [1.29, 1.82) is 0 Å². The molecule has 0 saturated heterocycles. The lowest BCUT2D eigenvalue weighted by Gasteiger charge is -2.11. The summed E-state index contributed by atoms with van der Waals surface area (Å²) in [6, 6.07) is 9.43. The molecule has 0 spiro atoms. The van der Waals surface area contributed by atoms with E-state index in [4.69, 9.17) is 4.74 Å². The Morgan fingerprint density at radius 1 is 1.05 bits per heavy atom. The molecule has 0 fully saturated rings. The molecule has 0 aliphatic heterocycles. The zero-order valence-corrected chi connectivity index (χ0v) is 12.3. The number of ether oxygens (including phenoxy) is 1. The largest absolute Gasteiger partial charge is 0.382 e. The molecule has 0 saturated carbocycles. The van der Waals surface area contributed by atoms with Crippen LogP contribution >= 0.6 is 0 Å². The number of rotatable bonds is 6. The Morgan fingerprint density at radius 2 is 1.58 bits per heavy atom. The van der Waals surface area contributed by atoms with Crippen LogP contribution in [0.2, 0.25) is 0 Å². The first-order valence-electron chi connectivity index (χ1n) is 6.65. The standard InChI is InChI=1S/C12H14O2.C4H10O/c1-9(13)8-12(10(2)14)11-6-4-3-5-7-11;1-3-5-4-2/h3-7,12H,8H2,1-2H3;3-4H2,1-2H3/t12-;/m1./s1. The third-order valence-corrected chi connectivity index (χ3v) is 2.59. The van der Waals surface area contributed by atoms with E-state index in [0.29, 0.717) is 6.42 Å². The summed E-state index contributed by atoms with van der Waals surface area (Å²) in [6.07, 6.45) is 0.305. The average Bonchev–Trinajstić information content (AvgIpc) is 2.38. The van der Waals surface area contributed by atoms with Crippen molar-refractivity contribution < 1.29 is 14.3 Å². The molecule has 0 bridgehead atoms. The molecule has 0 radical (unpaired) electrons. The highest BCUT2D eigenvalue weighted by atomic mass is 16.5. The lowest BCUT2D eigenvalue weighted by atomic mass is 9.91. The van der Waals surface area contributed by atoms with E-state index in [2.05, 4.69) is 0 Å². The zero-order valence-electron chi connectivity index (χ0n) is 12.3. The summed E-state index contributed by atoms with van der Waals surface area (Å²) in [5.41, 5.74) is 0.926. The van der Waals surface area contributed by atoms with Gasteiger partial charge in [-0.2, -0.15) is 0 Å². The molecule has 0 unspecified atom stereocenters. The summed E-state index contributed by atoms with van der Waals surface area (Å²) in [7, 11) is 0. The maximum Gasteiger partial charge on any atom is 0.137 e. The van der Waals surface area contributed by atoms with Crippen LogP contribution in [0.15, 0.2) is 30.3 Å². The molecular weight excluding hydrogens is 240 g/mol. The summed E-state index contributed by atoms with van der Waals surface area (Å²) in [6.45, 7) is 8.71. The van der Waals surface area contributed by atoms with Gasteiger partial charge < -0.3 is 4.74 Å². The third-order valence-electron chi connectivity index (χ3n) is 2.59. The number of carbonyl (C=O) groups excluding carboxylic acids is 2. The number of carbonyl (C=O) groups is 2. The second-order valence-corrected chi connectivity index (χ2v) is 4.26. The SMILES string of the molecule is CC(=O)C[C@H](C(C)=O)c1ccccc1.CCOCC. The molecule has 1 aromatic carbocycles. The zero-order chi connectivity index (χ0) is 14.7. The Kier molecular flexibility index (Phi) is 9.63. The van der Waals surface area contributed by atoms with Crippen molar-refractivity contribution in [3.8, 4) is 0 Å². The van der Waals surface area contributed by atoms with E-state index in [-0.39, 0.29) is 17.5 Å². The fourth-order valence-electron chi connectivity index (χ4n) is 1.67. The van der Waals surface area contributed by atoms with Gasteiger partial charge >= 0.3 is 0 Å². The molecule has 0 aliphatic carbocycles. The van der Waals surface area contributed by atoms with Gasteiger partial charge in [0.1, 0.15) is 11.6 Å². The van der Waals surface area contributed by atoms with Crippen molar-refractivity contribution in [3.05, 3.63) is 35.9 Å². The molecule has 3 heteroatoms. The van der Waals surface area contributed by atoms with Crippen molar-refractivity contribution in [2.24, 2.45) is 0 Å². The Balaban J connectivity index is 0.000000555. The van der Waals surface area contributed by atoms with E-state index in [1.54, 1.807) is 0 Å². The smallest absolute Gasteiger partial charge is 0.137 e. The van der Waals surface area contributed by atoms with Crippen LogP contribution in [-0.2, 0) is 14.3 Å². The number of hydrogen-bond donors (Lipinski definition) is 0. The van der Waals surface area contributed by atoms with E-state index >= 15 is 0 Å². The topological polar surface area (TPSA) is 43.4 Å². The molecule has 0 heterocycles. The molecule has 0 N–H and O–H groups in total. The van der Waals surface area contributed by atoms with Crippen molar-refractivity contribution in [1.82, 2.24) is 0 Å². The normalized spacial score (nSPS) is 11.2. The molecule has 1 rings (SSSR count). The quantitative estimate of drug-likeness (QED) is 0.791. The summed E-state index contributed by atoms with van der Waals surface area (Å²) in [5.74, 6) is -0.172. The Hall–Kier alpha value is -1.48. The summed E-state index contributed by atoms with van der Waals surface area (Å²) in [5, 5.41) is 0. The van der Waals surface area contributed by atoms with Crippen LogP contribution in [0.25, 0.3) is 0 Å². The molecule has 1 aromatic rings. The summed E-state index contributed by atoms with van der Waals surface area (Å²) < 4.78 is 4.83. The van der Waals surface area contributed by atoms with Gasteiger partial charge in [0.05, 0.1) is 0 Å². The van der Waals surface area contributed by atoms with Crippen LogP contribution in [0.3, 0.4) is 0 Å². The van der Waals surface area contributed by atoms with E-state index in [9.17, 15) is 9.59 Å². The predicted molar refractivity (Wildman–Crippen MR) is 77.3 cm³/mol. The van der Waals surface area contributed by atoms with Crippen LogP contribution in [0.1, 0.15) is 45.6 Å². The van der Waals surface area contributed by atoms with Gasteiger partial charge in [-0.15, -0.1) is 0 Å². The first-order valence-corrected chi connectivity index (χ1v) is 6.65. The molecule has 1 atom stereocenters. The van der Waals surface area contributed by atoms with Crippen LogP contribution in [0.4, 0.5) is 0 Å². The molecule has 106 valence electrons. The second kappa shape index (κ2) is 10.4. The van der Waals surface area contributed by atoms with Crippen LogP contribution in [0, 0.1) is 0 Å². The first-order chi connectivity index (χ1) is 9.02. The molecule has 0 aliphatic rings. The van der Waals surface area contributed by atoms with E-state index in [1.165, 1.54) is 13.8 Å². The van der Waals surface area contributed by atoms with Gasteiger partial charge in [-0.05, 0) is 33.3 Å². The highest BCUT2D eigenvalue weighted by Crippen LogP contribution is 2.20.